The fourth-order valence-electron chi connectivity index (χ4n) is 1.44. The van der Waals surface area contributed by atoms with Gasteiger partial charge in [-0.05, 0) is 12.5 Å². The number of nitro groups is 1. The van der Waals surface area contributed by atoms with Crippen LogP contribution >= 0.6 is 0 Å². The predicted molar refractivity (Wildman–Crippen MR) is 69.0 cm³/mol. The number of urea groups is 1. The van der Waals surface area contributed by atoms with Crippen LogP contribution in [0.1, 0.15) is 30.1 Å². The van der Waals surface area contributed by atoms with Crippen LogP contribution in [0.3, 0.4) is 0 Å². The topological polar surface area (TPSA) is 118 Å². The van der Waals surface area contributed by atoms with Gasteiger partial charge >= 0.3 is 6.03 Å². The third kappa shape index (κ3) is 4.16. The van der Waals surface area contributed by atoms with E-state index in [9.17, 15) is 24.5 Å². The molecule has 0 aliphatic rings. The number of nitrogens with one attached hydrogen (secondary N) is 2. The normalized spacial score (nSPS) is 9.65. The van der Waals surface area contributed by atoms with Crippen LogP contribution in [0.15, 0.2) is 24.3 Å². The van der Waals surface area contributed by atoms with Crippen LogP contribution in [0, 0.1) is 10.1 Å². The minimum atomic E-state index is -1.01. The zero-order chi connectivity index (χ0) is 15.1. The van der Waals surface area contributed by atoms with Gasteiger partial charge in [0.2, 0.25) is 5.91 Å². The van der Waals surface area contributed by atoms with Gasteiger partial charge in [0.05, 0.1) is 4.92 Å². The molecule has 0 atom stereocenters. The summed E-state index contributed by atoms with van der Waals surface area (Å²) in [7, 11) is 0. The first kappa shape index (κ1) is 15.3. The number of carbonyl (C=O) groups excluding carboxylic acids is 3. The number of nitro benzene ring substituents is 1. The Morgan fingerprint density at radius 1 is 1.20 bits per heavy atom. The fraction of sp³-hybridized carbons (Fsp3) is 0.250. The van der Waals surface area contributed by atoms with Crippen molar-refractivity contribution < 1.29 is 19.3 Å². The second-order valence-corrected chi connectivity index (χ2v) is 3.86. The molecule has 4 amide bonds. The van der Waals surface area contributed by atoms with Crippen molar-refractivity contribution in [3.63, 3.8) is 0 Å². The number of amides is 4. The molecule has 0 bridgehead atoms. The SMILES string of the molecule is CCCC(=O)NC(=O)NC(=O)c1ccccc1[N+](=O)[O-]. The van der Waals surface area contributed by atoms with E-state index in [4.69, 9.17) is 0 Å². The zero-order valence-corrected chi connectivity index (χ0v) is 10.7. The van der Waals surface area contributed by atoms with E-state index in [-0.39, 0.29) is 12.0 Å². The van der Waals surface area contributed by atoms with Crippen molar-refractivity contribution in [3.05, 3.63) is 39.9 Å². The second-order valence-electron chi connectivity index (χ2n) is 3.86. The molecule has 0 aliphatic heterocycles. The number of carbonyl (C=O) groups is 3. The molecule has 8 nitrogen and oxygen atoms in total. The number of rotatable bonds is 4. The molecule has 0 fully saturated rings. The van der Waals surface area contributed by atoms with Crippen LogP contribution in [0.5, 0.6) is 0 Å². The van der Waals surface area contributed by atoms with Gasteiger partial charge in [-0.15, -0.1) is 0 Å². The van der Waals surface area contributed by atoms with Crippen LogP contribution < -0.4 is 10.6 Å². The average molecular weight is 279 g/mol. The first-order valence-electron chi connectivity index (χ1n) is 5.84. The maximum Gasteiger partial charge on any atom is 0.328 e. The monoisotopic (exact) mass is 279 g/mol. The van der Waals surface area contributed by atoms with E-state index in [1.165, 1.54) is 18.2 Å². The smallest absolute Gasteiger partial charge is 0.278 e. The lowest BCUT2D eigenvalue weighted by molar-refractivity contribution is -0.385. The van der Waals surface area contributed by atoms with Crippen LogP contribution in [0.4, 0.5) is 10.5 Å². The standard InChI is InChI=1S/C12H13N3O5/c1-2-5-10(16)13-12(18)14-11(17)8-6-3-4-7-9(8)15(19)20/h3-4,6-7H,2,5H2,1H3,(H2,13,14,16,17,18). The van der Waals surface area contributed by atoms with Crippen molar-refractivity contribution >= 4 is 23.5 Å². The van der Waals surface area contributed by atoms with Crippen molar-refractivity contribution in [1.82, 2.24) is 10.6 Å². The third-order valence-electron chi connectivity index (χ3n) is 2.30. The Kier molecular flexibility index (Phi) is 5.33. The summed E-state index contributed by atoms with van der Waals surface area (Å²) in [6, 6.07) is 4.19. The fourth-order valence-corrected chi connectivity index (χ4v) is 1.44. The minimum absolute atomic E-state index is 0.146. The Labute approximate surface area is 114 Å². The molecule has 0 heterocycles. The first-order chi connectivity index (χ1) is 9.45. The maximum absolute atomic E-state index is 11.7. The molecule has 20 heavy (non-hydrogen) atoms. The number of para-hydroxylation sites is 1. The highest BCUT2D eigenvalue weighted by molar-refractivity contribution is 6.09. The Hall–Kier alpha value is -2.77. The molecular formula is C12H13N3O5. The van der Waals surface area contributed by atoms with Gasteiger partial charge in [0, 0.05) is 12.5 Å². The van der Waals surface area contributed by atoms with Crippen molar-refractivity contribution in [2.24, 2.45) is 0 Å². The first-order valence-corrected chi connectivity index (χ1v) is 5.84. The van der Waals surface area contributed by atoms with E-state index >= 15 is 0 Å². The van der Waals surface area contributed by atoms with Crippen LogP contribution in [-0.2, 0) is 4.79 Å². The number of hydrogen-bond acceptors (Lipinski definition) is 5. The van der Waals surface area contributed by atoms with Crippen molar-refractivity contribution in [2.45, 2.75) is 19.8 Å². The van der Waals surface area contributed by atoms with Crippen molar-refractivity contribution in [2.75, 3.05) is 0 Å². The quantitative estimate of drug-likeness (QED) is 0.637. The van der Waals surface area contributed by atoms with E-state index in [0.717, 1.165) is 6.07 Å². The Bertz CT molecular complexity index is 556. The van der Waals surface area contributed by atoms with Gasteiger partial charge in [0.25, 0.3) is 11.6 Å². The molecule has 0 aliphatic carbocycles. The van der Waals surface area contributed by atoms with Crippen LogP contribution in [0.25, 0.3) is 0 Å². The van der Waals surface area contributed by atoms with E-state index in [1.54, 1.807) is 6.92 Å². The summed E-state index contributed by atoms with van der Waals surface area (Å²) >= 11 is 0. The molecule has 8 heteroatoms. The van der Waals surface area contributed by atoms with Gasteiger partial charge in [0.15, 0.2) is 0 Å². The maximum atomic E-state index is 11.7. The Morgan fingerprint density at radius 2 is 1.85 bits per heavy atom. The van der Waals surface area contributed by atoms with Crippen molar-refractivity contribution in [1.29, 1.82) is 0 Å². The number of nitrogens with zero attached hydrogens (tertiary/aromatic N) is 1. The van der Waals surface area contributed by atoms with E-state index < -0.39 is 28.5 Å². The lowest BCUT2D eigenvalue weighted by Crippen LogP contribution is -2.42. The summed E-state index contributed by atoms with van der Waals surface area (Å²) < 4.78 is 0. The molecular weight excluding hydrogens is 266 g/mol. The van der Waals surface area contributed by atoms with E-state index in [0.29, 0.717) is 6.42 Å². The van der Waals surface area contributed by atoms with Gasteiger partial charge < -0.3 is 0 Å². The molecule has 0 spiro atoms. The summed E-state index contributed by atoms with van der Waals surface area (Å²) in [5.74, 6) is -1.47. The molecule has 1 aromatic carbocycles. The summed E-state index contributed by atoms with van der Waals surface area (Å²) in [4.78, 5) is 44.3. The third-order valence-corrected chi connectivity index (χ3v) is 2.30. The van der Waals surface area contributed by atoms with E-state index in [1.807, 2.05) is 10.6 Å². The van der Waals surface area contributed by atoms with Crippen molar-refractivity contribution in [3.8, 4) is 0 Å². The number of imide groups is 2. The molecule has 0 unspecified atom stereocenters. The van der Waals surface area contributed by atoms with Gasteiger partial charge in [-0.3, -0.25) is 30.3 Å². The van der Waals surface area contributed by atoms with Gasteiger partial charge in [-0.25, -0.2) is 4.79 Å². The van der Waals surface area contributed by atoms with Crippen LogP contribution in [0.2, 0.25) is 0 Å². The minimum Gasteiger partial charge on any atom is -0.278 e. The zero-order valence-electron chi connectivity index (χ0n) is 10.7. The second kappa shape index (κ2) is 6.98. The highest BCUT2D eigenvalue weighted by atomic mass is 16.6. The lowest BCUT2D eigenvalue weighted by Gasteiger charge is -2.05. The molecule has 2 N–H and O–H groups in total. The van der Waals surface area contributed by atoms with E-state index in [2.05, 4.69) is 0 Å². The number of hydrogen-bond donors (Lipinski definition) is 2. The summed E-state index contributed by atoms with van der Waals surface area (Å²) in [6.07, 6.45) is 0.699. The molecule has 0 saturated carbocycles. The molecule has 0 radical (unpaired) electrons. The average Bonchev–Trinajstić information content (AvgIpc) is 2.38. The van der Waals surface area contributed by atoms with Gasteiger partial charge in [0.1, 0.15) is 5.56 Å². The molecule has 1 rings (SSSR count). The summed E-state index contributed by atoms with van der Waals surface area (Å²) in [5.41, 5.74) is -0.673. The largest absolute Gasteiger partial charge is 0.328 e. The molecule has 0 saturated heterocycles. The molecule has 1 aromatic rings. The highest BCUT2D eigenvalue weighted by Gasteiger charge is 2.21. The van der Waals surface area contributed by atoms with Crippen LogP contribution in [-0.4, -0.2) is 22.8 Å². The number of benzene rings is 1. The summed E-state index contributed by atoms with van der Waals surface area (Å²) in [6.45, 7) is 1.76. The summed E-state index contributed by atoms with van der Waals surface area (Å²) in [5, 5.41) is 14.6. The predicted octanol–water partition coefficient (Wildman–Crippen LogP) is 1.36. The Balaban J connectivity index is 2.75. The molecule has 0 aromatic heterocycles. The highest BCUT2D eigenvalue weighted by Crippen LogP contribution is 2.17. The lowest BCUT2D eigenvalue weighted by atomic mass is 10.1. The van der Waals surface area contributed by atoms with Gasteiger partial charge in [-0.1, -0.05) is 19.1 Å². The molecule has 106 valence electrons. The van der Waals surface area contributed by atoms with Gasteiger partial charge in [-0.2, -0.15) is 0 Å². The Morgan fingerprint density at radius 3 is 2.45 bits per heavy atom.